The smallest absolute Gasteiger partial charge is 0.165 e. The average Bonchev–Trinajstić information content (AvgIpc) is 2.40. The Hall–Kier alpha value is -1.65. The molecule has 0 bridgehead atoms. The standard InChI is InChI=1S/C14H11ClF2O2/c15-12-5-4-11(16)6-10(12)8-19-14-9(7-18)2-1-3-13(14)17/h1-6,18H,7-8H2. The van der Waals surface area contributed by atoms with Crippen molar-refractivity contribution in [1.82, 2.24) is 0 Å². The minimum Gasteiger partial charge on any atom is -0.485 e. The fourth-order valence-corrected chi connectivity index (χ4v) is 1.82. The highest BCUT2D eigenvalue weighted by atomic mass is 35.5. The molecular formula is C14H11ClF2O2. The molecule has 0 atom stereocenters. The van der Waals surface area contributed by atoms with Gasteiger partial charge in [-0.15, -0.1) is 0 Å². The van der Waals surface area contributed by atoms with Crippen molar-refractivity contribution in [2.75, 3.05) is 0 Å². The molecule has 1 N–H and O–H groups in total. The van der Waals surface area contributed by atoms with E-state index in [1.807, 2.05) is 0 Å². The third kappa shape index (κ3) is 3.22. The Balaban J connectivity index is 2.21. The molecule has 100 valence electrons. The maximum absolute atomic E-state index is 13.6. The van der Waals surface area contributed by atoms with Crippen LogP contribution in [0.3, 0.4) is 0 Å². The molecule has 2 nitrogen and oxygen atoms in total. The van der Waals surface area contributed by atoms with Gasteiger partial charge in [0.1, 0.15) is 12.4 Å². The van der Waals surface area contributed by atoms with Gasteiger partial charge >= 0.3 is 0 Å². The van der Waals surface area contributed by atoms with E-state index in [0.717, 1.165) is 0 Å². The molecule has 2 rings (SSSR count). The Morgan fingerprint density at radius 3 is 2.63 bits per heavy atom. The van der Waals surface area contributed by atoms with Gasteiger partial charge in [0, 0.05) is 16.1 Å². The fraction of sp³-hybridized carbons (Fsp3) is 0.143. The van der Waals surface area contributed by atoms with Crippen molar-refractivity contribution < 1.29 is 18.6 Å². The Labute approximate surface area is 114 Å². The summed E-state index contributed by atoms with van der Waals surface area (Å²) < 4.78 is 31.9. The molecule has 0 aliphatic carbocycles. The first-order valence-corrected chi connectivity index (χ1v) is 5.94. The number of hydrogen-bond donors (Lipinski definition) is 1. The second-order valence-electron chi connectivity index (χ2n) is 3.91. The Bertz CT molecular complexity index is 588. The second-order valence-corrected chi connectivity index (χ2v) is 4.32. The number of benzene rings is 2. The van der Waals surface area contributed by atoms with Gasteiger partial charge < -0.3 is 9.84 Å². The Morgan fingerprint density at radius 1 is 1.11 bits per heavy atom. The Kier molecular flexibility index (Phi) is 4.35. The van der Waals surface area contributed by atoms with Gasteiger partial charge in [-0.2, -0.15) is 0 Å². The lowest BCUT2D eigenvalue weighted by molar-refractivity contribution is 0.251. The highest BCUT2D eigenvalue weighted by Gasteiger charge is 2.10. The van der Waals surface area contributed by atoms with Crippen LogP contribution >= 0.6 is 11.6 Å². The summed E-state index contributed by atoms with van der Waals surface area (Å²) in [6.45, 7) is -0.422. The van der Waals surface area contributed by atoms with Gasteiger partial charge in [0.05, 0.1) is 6.61 Å². The number of hydrogen-bond acceptors (Lipinski definition) is 2. The van der Waals surface area contributed by atoms with Crippen LogP contribution in [0.25, 0.3) is 0 Å². The minimum atomic E-state index is -0.584. The second kappa shape index (κ2) is 5.99. The molecule has 0 saturated heterocycles. The van der Waals surface area contributed by atoms with Crippen molar-refractivity contribution in [3.8, 4) is 5.75 Å². The molecule has 0 saturated carbocycles. The lowest BCUT2D eigenvalue weighted by atomic mass is 10.2. The van der Waals surface area contributed by atoms with Crippen LogP contribution < -0.4 is 4.74 Å². The molecule has 0 fully saturated rings. The van der Waals surface area contributed by atoms with Crippen molar-refractivity contribution in [3.63, 3.8) is 0 Å². The van der Waals surface area contributed by atoms with Crippen LogP contribution in [0.15, 0.2) is 36.4 Å². The zero-order chi connectivity index (χ0) is 13.8. The lowest BCUT2D eigenvalue weighted by Gasteiger charge is -2.12. The predicted octanol–water partition coefficient (Wildman–Crippen LogP) is 3.69. The SMILES string of the molecule is OCc1cccc(F)c1OCc1cc(F)ccc1Cl. The first-order chi connectivity index (χ1) is 9.11. The van der Waals surface area contributed by atoms with Crippen molar-refractivity contribution >= 4 is 11.6 Å². The topological polar surface area (TPSA) is 29.5 Å². The summed E-state index contributed by atoms with van der Waals surface area (Å²) in [6.07, 6.45) is 0. The summed E-state index contributed by atoms with van der Waals surface area (Å²) in [5.74, 6) is -1.08. The zero-order valence-corrected chi connectivity index (χ0v) is 10.6. The number of aliphatic hydroxyl groups is 1. The van der Waals surface area contributed by atoms with Crippen LogP contribution in [0, 0.1) is 11.6 Å². The highest BCUT2D eigenvalue weighted by molar-refractivity contribution is 6.31. The number of halogens is 3. The summed E-state index contributed by atoms with van der Waals surface area (Å²) in [4.78, 5) is 0. The molecule has 2 aromatic carbocycles. The zero-order valence-electron chi connectivity index (χ0n) is 9.87. The quantitative estimate of drug-likeness (QED) is 0.928. The van der Waals surface area contributed by atoms with E-state index in [1.54, 1.807) is 6.07 Å². The van der Waals surface area contributed by atoms with E-state index < -0.39 is 11.6 Å². The molecule has 0 aliphatic heterocycles. The molecule has 2 aromatic rings. The van der Waals surface area contributed by atoms with Gasteiger partial charge in [0.15, 0.2) is 11.6 Å². The normalized spacial score (nSPS) is 10.5. The van der Waals surface area contributed by atoms with Gasteiger partial charge in [-0.05, 0) is 24.3 Å². The molecule has 0 aromatic heterocycles. The molecule has 5 heteroatoms. The van der Waals surface area contributed by atoms with Crippen LogP contribution in [-0.2, 0) is 13.2 Å². The molecule has 0 aliphatic rings. The van der Waals surface area contributed by atoms with Gasteiger partial charge in [-0.25, -0.2) is 8.78 Å². The van der Waals surface area contributed by atoms with Gasteiger partial charge in [-0.3, -0.25) is 0 Å². The van der Waals surface area contributed by atoms with Gasteiger partial charge in [-0.1, -0.05) is 23.7 Å². The number of ether oxygens (including phenoxy) is 1. The largest absolute Gasteiger partial charge is 0.485 e. The molecular weight excluding hydrogens is 274 g/mol. The summed E-state index contributed by atoms with van der Waals surface area (Å²) in [6, 6.07) is 8.11. The molecule has 0 radical (unpaired) electrons. The van der Waals surface area contributed by atoms with Crippen molar-refractivity contribution in [2.45, 2.75) is 13.2 Å². The van der Waals surface area contributed by atoms with E-state index in [1.165, 1.54) is 30.3 Å². The number of rotatable bonds is 4. The summed E-state index contributed by atoms with van der Waals surface area (Å²) in [5, 5.41) is 9.44. The summed E-state index contributed by atoms with van der Waals surface area (Å²) in [7, 11) is 0. The maximum Gasteiger partial charge on any atom is 0.165 e. The van der Waals surface area contributed by atoms with Crippen LogP contribution in [0.1, 0.15) is 11.1 Å². The summed E-state index contributed by atoms with van der Waals surface area (Å²) in [5.41, 5.74) is 0.737. The van der Waals surface area contributed by atoms with E-state index in [2.05, 4.69) is 0 Å². The lowest BCUT2D eigenvalue weighted by Crippen LogP contribution is -2.02. The van der Waals surface area contributed by atoms with Crippen LogP contribution in [-0.4, -0.2) is 5.11 Å². The van der Waals surface area contributed by atoms with Gasteiger partial charge in [0.2, 0.25) is 0 Å². The molecule has 0 heterocycles. The molecule has 0 amide bonds. The van der Waals surface area contributed by atoms with E-state index >= 15 is 0 Å². The van der Waals surface area contributed by atoms with Crippen LogP contribution in [0.2, 0.25) is 5.02 Å². The van der Waals surface area contributed by atoms with Gasteiger partial charge in [0.25, 0.3) is 0 Å². The first-order valence-electron chi connectivity index (χ1n) is 5.57. The fourth-order valence-electron chi connectivity index (χ4n) is 1.64. The number of para-hydroxylation sites is 1. The number of aliphatic hydroxyl groups excluding tert-OH is 1. The molecule has 0 unspecified atom stereocenters. The third-order valence-electron chi connectivity index (χ3n) is 2.60. The molecule has 0 spiro atoms. The monoisotopic (exact) mass is 284 g/mol. The van der Waals surface area contributed by atoms with Crippen molar-refractivity contribution in [3.05, 3.63) is 64.2 Å². The maximum atomic E-state index is 13.6. The Morgan fingerprint density at radius 2 is 1.89 bits per heavy atom. The van der Waals surface area contributed by atoms with Crippen LogP contribution in [0.4, 0.5) is 8.78 Å². The van der Waals surface area contributed by atoms with E-state index in [-0.39, 0.29) is 19.0 Å². The highest BCUT2D eigenvalue weighted by Crippen LogP contribution is 2.25. The first kappa shape index (κ1) is 13.8. The summed E-state index contributed by atoms with van der Waals surface area (Å²) >= 11 is 5.89. The average molecular weight is 285 g/mol. The van der Waals surface area contributed by atoms with E-state index in [0.29, 0.717) is 16.1 Å². The van der Waals surface area contributed by atoms with E-state index in [4.69, 9.17) is 21.4 Å². The minimum absolute atomic E-state index is 0.0506. The predicted molar refractivity (Wildman–Crippen MR) is 68.1 cm³/mol. The van der Waals surface area contributed by atoms with Crippen molar-refractivity contribution in [2.24, 2.45) is 0 Å². The van der Waals surface area contributed by atoms with Crippen LogP contribution in [0.5, 0.6) is 5.75 Å². The van der Waals surface area contributed by atoms with Crippen molar-refractivity contribution in [1.29, 1.82) is 0 Å². The van der Waals surface area contributed by atoms with E-state index in [9.17, 15) is 8.78 Å². The third-order valence-corrected chi connectivity index (χ3v) is 2.97. The molecule has 19 heavy (non-hydrogen) atoms.